The number of unbranched alkanes of at least 4 members (excludes halogenated alkanes) is 1. The van der Waals surface area contributed by atoms with Gasteiger partial charge in [0.1, 0.15) is 18.1 Å². The molecule has 0 aliphatic carbocycles. The molecule has 0 aromatic heterocycles. The smallest absolute Gasteiger partial charge is 0.326 e. The molecule has 0 bridgehead atoms. The normalized spacial score (nSPS) is 14.1. The molecule has 0 heterocycles. The van der Waals surface area contributed by atoms with E-state index in [0.717, 1.165) is 5.56 Å². The van der Waals surface area contributed by atoms with Crippen LogP contribution in [0.1, 0.15) is 57.9 Å². The van der Waals surface area contributed by atoms with Crippen molar-refractivity contribution in [2.24, 2.45) is 17.4 Å². The molecule has 12 heteroatoms. The van der Waals surface area contributed by atoms with Crippen molar-refractivity contribution in [1.82, 2.24) is 16.0 Å². The molecule has 0 radical (unpaired) electrons. The third kappa shape index (κ3) is 12.6. The van der Waals surface area contributed by atoms with Crippen LogP contribution < -0.4 is 27.4 Å². The van der Waals surface area contributed by atoms with Gasteiger partial charge in [-0.2, -0.15) is 0 Å². The minimum Gasteiger partial charge on any atom is -0.481 e. The fraction of sp³-hybridized carbons (Fsp3) is 0.577. The predicted octanol–water partition coefficient (Wildman–Crippen LogP) is 0.135. The first-order chi connectivity index (χ1) is 17.9. The number of hydrogen-bond acceptors (Lipinski definition) is 7. The second kappa shape index (κ2) is 17.1. The molecule has 1 rings (SSSR count). The molecule has 1 aromatic rings. The maximum atomic E-state index is 13.2. The Bertz CT molecular complexity index is 926. The number of benzene rings is 1. The van der Waals surface area contributed by atoms with Gasteiger partial charge in [-0.25, -0.2) is 4.79 Å². The molecule has 0 spiro atoms. The first-order valence-corrected chi connectivity index (χ1v) is 12.8. The van der Waals surface area contributed by atoms with Crippen LogP contribution in [0.3, 0.4) is 0 Å². The lowest BCUT2D eigenvalue weighted by Gasteiger charge is -2.26. The average molecular weight is 536 g/mol. The Hall–Kier alpha value is -3.51. The number of aliphatic carboxylic acids is 2. The lowest BCUT2D eigenvalue weighted by Crippen LogP contribution is -2.57. The third-order valence-corrected chi connectivity index (χ3v) is 5.82. The Morgan fingerprint density at radius 1 is 0.816 bits per heavy atom. The maximum absolute atomic E-state index is 13.2. The summed E-state index contributed by atoms with van der Waals surface area (Å²) in [6.45, 7) is 4.07. The van der Waals surface area contributed by atoms with Gasteiger partial charge in [-0.1, -0.05) is 44.2 Å². The molecule has 9 N–H and O–H groups in total. The van der Waals surface area contributed by atoms with E-state index >= 15 is 0 Å². The highest BCUT2D eigenvalue weighted by molar-refractivity contribution is 5.94. The molecule has 0 aliphatic rings. The number of nitrogens with one attached hydrogen (secondary N) is 3. The van der Waals surface area contributed by atoms with Crippen LogP contribution in [0.5, 0.6) is 0 Å². The van der Waals surface area contributed by atoms with Crippen LogP contribution in [-0.2, 0) is 30.4 Å². The van der Waals surface area contributed by atoms with Crippen molar-refractivity contribution in [1.29, 1.82) is 0 Å². The predicted molar refractivity (Wildman–Crippen MR) is 141 cm³/mol. The van der Waals surface area contributed by atoms with E-state index in [9.17, 15) is 29.1 Å². The molecule has 212 valence electrons. The first-order valence-electron chi connectivity index (χ1n) is 12.8. The molecule has 4 unspecified atom stereocenters. The molecule has 4 atom stereocenters. The van der Waals surface area contributed by atoms with Crippen LogP contribution in [-0.4, -0.2) is 70.6 Å². The van der Waals surface area contributed by atoms with E-state index in [1.54, 1.807) is 0 Å². The van der Waals surface area contributed by atoms with Crippen LogP contribution in [0.25, 0.3) is 0 Å². The van der Waals surface area contributed by atoms with Crippen molar-refractivity contribution in [3.05, 3.63) is 35.9 Å². The van der Waals surface area contributed by atoms with E-state index < -0.39 is 60.2 Å². The van der Waals surface area contributed by atoms with E-state index in [4.69, 9.17) is 16.6 Å². The number of nitrogens with two attached hydrogens (primary N) is 2. The second-order valence-electron chi connectivity index (χ2n) is 9.66. The highest BCUT2D eigenvalue weighted by atomic mass is 16.4. The Morgan fingerprint density at radius 2 is 1.39 bits per heavy atom. The van der Waals surface area contributed by atoms with Crippen molar-refractivity contribution in [2.45, 2.75) is 83.0 Å². The molecule has 0 aliphatic heterocycles. The van der Waals surface area contributed by atoms with Gasteiger partial charge in [-0.3, -0.25) is 19.2 Å². The van der Waals surface area contributed by atoms with Crippen LogP contribution in [0, 0.1) is 5.92 Å². The van der Waals surface area contributed by atoms with Crippen molar-refractivity contribution < 1.29 is 34.2 Å². The summed E-state index contributed by atoms with van der Waals surface area (Å²) in [5.74, 6) is -4.52. The van der Waals surface area contributed by atoms with Crippen molar-refractivity contribution in [3.8, 4) is 0 Å². The van der Waals surface area contributed by atoms with E-state index in [1.165, 1.54) is 0 Å². The van der Waals surface area contributed by atoms with Crippen LogP contribution >= 0.6 is 0 Å². The summed E-state index contributed by atoms with van der Waals surface area (Å²) in [5, 5.41) is 26.1. The van der Waals surface area contributed by atoms with Crippen LogP contribution in [0.2, 0.25) is 0 Å². The van der Waals surface area contributed by atoms with E-state index in [2.05, 4.69) is 16.0 Å². The SMILES string of the molecule is CC(C)CC(NC(=O)C(N)Cc1ccccc1)C(=O)NC(CCC(=O)O)C(=O)NC(CCCCN)C(=O)O. The Labute approximate surface area is 222 Å². The maximum Gasteiger partial charge on any atom is 0.326 e. The largest absolute Gasteiger partial charge is 0.481 e. The second-order valence-corrected chi connectivity index (χ2v) is 9.66. The number of carbonyl (C=O) groups excluding carboxylic acids is 3. The third-order valence-electron chi connectivity index (χ3n) is 5.82. The molecule has 1 aromatic carbocycles. The monoisotopic (exact) mass is 535 g/mol. The minimum absolute atomic E-state index is 0.0124. The minimum atomic E-state index is -1.32. The fourth-order valence-electron chi connectivity index (χ4n) is 3.77. The summed E-state index contributed by atoms with van der Waals surface area (Å²) in [5.41, 5.74) is 12.3. The van der Waals surface area contributed by atoms with E-state index in [1.807, 2.05) is 44.2 Å². The quantitative estimate of drug-likeness (QED) is 0.127. The molecule has 0 saturated heterocycles. The van der Waals surface area contributed by atoms with Gasteiger partial charge in [0.05, 0.1) is 6.04 Å². The fourth-order valence-corrected chi connectivity index (χ4v) is 3.77. The molecule has 0 saturated carbocycles. The summed E-state index contributed by atoms with van der Waals surface area (Å²) in [4.78, 5) is 61.6. The summed E-state index contributed by atoms with van der Waals surface area (Å²) in [6, 6.07) is 4.65. The molecular formula is C26H41N5O7. The molecule has 3 amide bonds. The summed E-state index contributed by atoms with van der Waals surface area (Å²) < 4.78 is 0. The zero-order chi connectivity index (χ0) is 28.7. The zero-order valence-corrected chi connectivity index (χ0v) is 22.0. The molecule has 38 heavy (non-hydrogen) atoms. The zero-order valence-electron chi connectivity index (χ0n) is 22.0. The molecular weight excluding hydrogens is 494 g/mol. The van der Waals surface area contributed by atoms with Crippen molar-refractivity contribution in [2.75, 3.05) is 6.54 Å². The number of carboxylic acid groups (broad SMARTS) is 2. The van der Waals surface area contributed by atoms with Gasteiger partial charge in [0.2, 0.25) is 17.7 Å². The lowest BCUT2D eigenvalue weighted by atomic mass is 10.0. The average Bonchev–Trinajstić information content (AvgIpc) is 2.85. The van der Waals surface area contributed by atoms with Gasteiger partial charge in [-0.05, 0) is 56.6 Å². The number of carboxylic acids is 2. The van der Waals surface area contributed by atoms with Gasteiger partial charge in [0.25, 0.3) is 0 Å². The summed E-state index contributed by atoms with van der Waals surface area (Å²) in [6.07, 6.45) is 0.952. The standard InChI is InChI=1S/C26H41N5O7/c1-16(2)14-21(31-23(34)18(28)15-17-8-4-3-5-9-17)25(36)29-19(11-12-22(32)33)24(35)30-20(26(37)38)10-6-7-13-27/h3-5,8-9,16,18-21H,6-7,10-15,27-28H2,1-2H3,(H,29,36)(H,30,35)(H,31,34)(H,32,33)(H,37,38). The number of rotatable bonds is 18. The van der Waals surface area contributed by atoms with E-state index in [0.29, 0.717) is 19.4 Å². The van der Waals surface area contributed by atoms with E-state index in [-0.39, 0.29) is 31.6 Å². The van der Waals surface area contributed by atoms with Crippen LogP contribution in [0.4, 0.5) is 0 Å². The van der Waals surface area contributed by atoms with Gasteiger partial charge in [-0.15, -0.1) is 0 Å². The lowest BCUT2D eigenvalue weighted by molar-refractivity contribution is -0.143. The molecule has 0 fully saturated rings. The number of amides is 3. The molecule has 12 nitrogen and oxygen atoms in total. The highest BCUT2D eigenvalue weighted by Crippen LogP contribution is 2.09. The van der Waals surface area contributed by atoms with Gasteiger partial charge in [0.15, 0.2) is 0 Å². The highest BCUT2D eigenvalue weighted by Gasteiger charge is 2.31. The number of carbonyl (C=O) groups is 5. The Kier molecular flexibility index (Phi) is 14.6. The van der Waals surface area contributed by atoms with Crippen molar-refractivity contribution >= 4 is 29.7 Å². The topological polar surface area (TPSA) is 214 Å². The Morgan fingerprint density at radius 3 is 1.95 bits per heavy atom. The summed E-state index contributed by atoms with van der Waals surface area (Å²) >= 11 is 0. The van der Waals surface area contributed by atoms with Gasteiger partial charge in [0, 0.05) is 6.42 Å². The first kappa shape index (κ1) is 32.5. The summed E-state index contributed by atoms with van der Waals surface area (Å²) in [7, 11) is 0. The van der Waals surface area contributed by atoms with Crippen molar-refractivity contribution in [3.63, 3.8) is 0 Å². The van der Waals surface area contributed by atoms with Gasteiger partial charge >= 0.3 is 11.9 Å². The van der Waals surface area contributed by atoms with Crippen LogP contribution in [0.15, 0.2) is 30.3 Å². The number of hydrogen-bond donors (Lipinski definition) is 7. The Balaban J connectivity index is 2.97. The van der Waals surface area contributed by atoms with Gasteiger partial charge < -0.3 is 37.6 Å².